The number of thiol groups is 1. The smallest absolute Gasteiger partial charge is 0.327 e. The van der Waals surface area contributed by atoms with Gasteiger partial charge in [0.2, 0.25) is 17.7 Å². The Bertz CT molecular complexity index is 713. The number of carbonyl (C=O) groups excluding carboxylic acids is 3. The Hall–Kier alpha value is -2.58. The summed E-state index contributed by atoms with van der Waals surface area (Å²) in [5.74, 6) is -2.91. The third-order valence-electron chi connectivity index (χ3n) is 5.33. The van der Waals surface area contributed by atoms with Crippen molar-refractivity contribution in [1.29, 1.82) is 0 Å². The van der Waals surface area contributed by atoms with Gasteiger partial charge >= 0.3 is 5.97 Å². The first-order valence-corrected chi connectivity index (χ1v) is 12.1. The first-order chi connectivity index (χ1) is 16.2. The molecule has 0 radical (unpaired) electrons. The molecule has 0 bridgehead atoms. The number of guanidine groups is 1. The van der Waals surface area contributed by atoms with E-state index in [4.69, 9.17) is 17.2 Å². The van der Waals surface area contributed by atoms with Crippen LogP contribution in [0.3, 0.4) is 0 Å². The predicted octanol–water partition coefficient (Wildman–Crippen LogP) is -2.61. The molecule has 3 amide bonds. The van der Waals surface area contributed by atoms with Gasteiger partial charge in [-0.2, -0.15) is 12.6 Å². The molecule has 1 rings (SSSR count). The van der Waals surface area contributed by atoms with E-state index in [0.29, 0.717) is 32.2 Å². The molecule has 0 aromatic rings. The quantitative estimate of drug-likeness (QED) is 0.0465. The molecule has 1 aliphatic rings. The van der Waals surface area contributed by atoms with Gasteiger partial charge in [-0.1, -0.05) is 0 Å². The van der Waals surface area contributed by atoms with Crippen molar-refractivity contribution in [3.63, 3.8) is 0 Å². The van der Waals surface area contributed by atoms with E-state index >= 15 is 0 Å². The highest BCUT2D eigenvalue weighted by atomic mass is 32.1. The number of carboxylic acid groups (broad SMARTS) is 1. The minimum absolute atomic E-state index is 0.0750. The van der Waals surface area contributed by atoms with E-state index in [2.05, 4.69) is 38.9 Å². The monoisotopic (exact) mass is 502 g/mol. The molecular weight excluding hydrogens is 464 g/mol. The van der Waals surface area contributed by atoms with Crippen molar-refractivity contribution < 1.29 is 24.3 Å². The van der Waals surface area contributed by atoms with Crippen LogP contribution in [-0.4, -0.2) is 84.3 Å². The van der Waals surface area contributed by atoms with Crippen LogP contribution in [0.25, 0.3) is 0 Å². The lowest BCUT2D eigenvalue weighted by Gasteiger charge is -2.25. The average molecular weight is 503 g/mol. The third kappa shape index (κ3) is 11.0. The predicted molar refractivity (Wildman–Crippen MR) is 131 cm³/mol. The number of nitrogens with two attached hydrogens (primary N) is 3. The van der Waals surface area contributed by atoms with E-state index < -0.39 is 35.9 Å². The summed E-state index contributed by atoms with van der Waals surface area (Å²) < 4.78 is 0. The standard InChI is InChI=1S/C20H38N8O5S/c21-8-2-1-5-13(18(31)28-15(11-34)19(32)33)27-17(30)14(7-4-10-25-20(22)23)26-16(29)12-6-3-9-24-12/h12-15,24,34H,1-11,21H2,(H,26,29)(H,27,30)(H,28,31)(H,32,33)(H4,22,23,25). The van der Waals surface area contributed by atoms with E-state index in [1.807, 2.05) is 0 Å². The summed E-state index contributed by atoms with van der Waals surface area (Å²) in [6.07, 6.45) is 3.61. The van der Waals surface area contributed by atoms with Crippen LogP contribution in [0.2, 0.25) is 0 Å². The maximum atomic E-state index is 13.1. The van der Waals surface area contributed by atoms with Crippen LogP contribution in [0.15, 0.2) is 4.99 Å². The second-order valence-electron chi connectivity index (χ2n) is 8.09. The van der Waals surface area contributed by atoms with Gasteiger partial charge in [0.05, 0.1) is 6.04 Å². The number of amides is 3. The number of hydrogen-bond donors (Lipinski definition) is 9. The zero-order valence-electron chi connectivity index (χ0n) is 19.3. The van der Waals surface area contributed by atoms with Gasteiger partial charge in [0.1, 0.15) is 18.1 Å². The van der Waals surface area contributed by atoms with Crippen molar-refractivity contribution in [3.8, 4) is 0 Å². The maximum absolute atomic E-state index is 13.1. The number of carboxylic acids is 1. The second-order valence-corrected chi connectivity index (χ2v) is 8.45. The third-order valence-corrected chi connectivity index (χ3v) is 5.70. The number of rotatable bonds is 16. The molecule has 0 aliphatic carbocycles. The molecule has 1 saturated heterocycles. The molecule has 1 aliphatic heterocycles. The summed E-state index contributed by atoms with van der Waals surface area (Å²) in [5, 5.41) is 20.1. The molecule has 194 valence electrons. The molecule has 14 heteroatoms. The summed E-state index contributed by atoms with van der Waals surface area (Å²) in [6, 6.07) is -3.51. The SMILES string of the molecule is NCCCCC(NC(=O)C(CCCN=C(N)N)NC(=O)C1CCCN1)C(=O)NC(CS)C(=O)O. The van der Waals surface area contributed by atoms with E-state index in [0.717, 1.165) is 13.0 Å². The minimum Gasteiger partial charge on any atom is -0.480 e. The van der Waals surface area contributed by atoms with Crippen molar-refractivity contribution in [2.75, 3.05) is 25.4 Å². The molecular formula is C20H38N8O5S. The van der Waals surface area contributed by atoms with Crippen LogP contribution in [0.5, 0.6) is 0 Å². The molecule has 0 saturated carbocycles. The first-order valence-electron chi connectivity index (χ1n) is 11.4. The number of nitrogens with zero attached hydrogens (tertiary/aromatic N) is 1. The molecule has 0 aromatic carbocycles. The Labute approximate surface area is 204 Å². The van der Waals surface area contributed by atoms with Crippen molar-refractivity contribution in [2.45, 2.75) is 69.1 Å². The lowest BCUT2D eigenvalue weighted by Crippen LogP contribution is -2.57. The van der Waals surface area contributed by atoms with Gasteiger partial charge in [-0.05, 0) is 58.0 Å². The molecule has 34 heavy (non-hydrogen) atoms. The summed E-state index contributed by atoms with van der Waals surface area (Å²) >= 11 is 3.95. The van der Waals surface area contributed by atoms with Gasteiger partial charge in [-0.15, -0.1) is 0 Å². The Kier molecular flexibility index (Phi) is 14.0. The fraction of sp³-hybridized carbons (Fsp3) is 0.750. The molecule has 11 N–H and O–H groups in total. The fourth-order valence-electron chi connectivity index (χ4n) is 3.44. The van der Waals surface area contributed by atoms with Crippen molar-refractivity contribution in [1.82, 2.24) is 21.3 Å². The highest BCUT2D eigenvalue weighted by Gasteiger charge is 2.30. The van der Waals surface area contributed by atoms with Crippen LogP contribution in [0, 0.1) is 0 Å². The van der Waals surface area contributed by atoms with Gasteiger partial charge in [0, 0.05) is 12.3 Å². The Morgan fingerprint density at radius 3 is 2.15 bits per heavy atom. The lowest BCUT2D eigenvalue weighted by atomic mass is 10.1. The fourth-order valence-corrected chi connectivity index (χ4v) is 3.69. The second kappa shape index (κ2) is 16.1. The number of unbranched alkanes of at least 4 members (excludes halogenated alkanes) is 1. The molecule has 0 spiro atoms. The van der Waals surface area contributed by atoms with Crippen LogP contribution in [0.4, 0.5) is 0 Å². The zero-order chi connectivity index (χ0) is 25.5. The maximum Gasteiger partial charge on any atom is 0.327 e. The largest absolute Gasteiger partial charge is 0.480 e. The summed E-state index contributed by atoms with van der Waals surface area (Å²) in [7, 11) is 0. The molecule has 1 fully saturated rings. The normalized spacial score (nSPS) is 17.8. The number of aliphatic imine (C=N–C) groups is 1. The number of carbonyl (C=O) groups is 4. The number of aliphatic carboxylic acids is 1. The van der Waals surface area contributed by atoms with E-state index in [1.165, 1.54) is 0 Å². The molecule has 4 atom stereocenters. The number of nitrogens with one attached hydrogen (secondary N) is 4. The van der Waals surface area contributed by atoms with E-state index in [1.54, 1.807) is 0 Å². The Balaban J connectivity index is 2.91. The van der Waals surface area contributed by atoms with Crippen LogP contribution >= 0.6 is 12.6 Å². The highest BCUT2D eigenvalue weighted by Crippen LogP contribution is 2.08. The van der Waals surface area contributed by atoms with E-state index in [9.17, 15) is 24.3 Å². The summed E-state index contributed by atoms with van der Waals surface area (Å²) in [5.41, 5.74) is 16.2. The zero-order valence-corrected chi connectivity index (χ0v) is 20.2. The average Bonchev–Trinajstić information content (AvgIpc) is 3.33. The van der Waals surface area contributed by atoms with Gasteiger partial charge in [-0.3, -0.25) is 19.4 Å². The first kappa shape index (κ1) is 29.5. The molecule has 0 aromatic heterocycles. The van der Waals surface area contributed by atoms with Crippen molar-refractivity contribution >= 4 is 42.3 Å². The molecule has 1 heterocycles. The lowest BCUT2D eigenvalue weighted by molar-refractivity contribution is -0.141. The van der Waals surface area contributed by atoms with Crippen LogP contribution in [-0.2, 0) is 19.2 Å². The van der Waals surface area contributed by atoms with Gasteiger partial charge in [-0.25, -0.2) is 4.79 Å². The Morgan fingerprint density at radius 1 is 1.00 bits per heavy atom. The van der Waals surface area contributed by atoms with Gasteiger partial charge in [0.15, 0.2) is 5.96 Å². The van der Waals surface area contributed by atoms with E-state index in [-0.39, 0.29) is 43.0 Å². The summed E-state index contributed by atoms with van der Waals surface area (Å²) in [4.78, 5) is 53.6. The van der Waals surface area contributed by atoms with Crippen molar-refractivity contribution in [2.24, 2.45) is 22.2 Å². The minimum atomic E-state index is -1.23. The van der Waals surface area contributed by atoms with Crippen LogP contribution < -0.4 is 38.5 Å². The van der Waals surface area contributed by atoms with Gasteiger partial charge < -0.3 is 43.6 Å². The topological polar surface area (TPSA) is 227 Å². The highest BCUT2D eigenvalue weighted by molar-refractivity contribution is 7.80. The molecule has 4 unspecified atom stereocenters. The van der Waals surface area contributed by atoms with Crippen LogP contribution in [0.1, 0.15) is 44.9 Å². The summed E-state index contributed by atoms with van der Waals surface area (Å²) in [6.45, 7) is 1.40. The van der Waals surface area contributed by atoms with Crippen molar-refractivity contribution in [3.05, 3.63) is 0 Å². The van der Waals surface area contributed by atoms with Gasteiger partial charge in [0.25, 0.3) is 0 Å². The number of hydrogen-bond acceptors (Lipinski definition) is 8. The Morgan fingerprint density at radius 2 is 1.62 bits per heavy atom. The molecule has 13 nitrogen and oxygen atoms in total.